The first-order valence-electron chi connectivity index (χ1n) is 7.51. The molecule has 2 rings (SSSR count). The average molecular weight is 356 g/mol. The van der Waals surface area contributed by atoms with Gasteiger partial charge in [-0.05, 0) is 25.1 Å². The molecule has 0 aromatic heterocycles. The molecule has 1 aliphatic heterocycles. The molecule has 1 heterocycles. The largest absolute Gasteiger partial charge is 0.479 e. The molecular weight excluding hydrogens is 337 g/mol. The summed E-state index contributed by atoms with van der Waals surface area (Å²) in [6.07, 6.45) is -0.0953. The summed E-state index contributed by atoms with van der Waals surface area (Å²) < 4.78 is 5.67. The summed E-state index contributed by atoms with van der Waals surface area (Å²) in [5, 5.41) is 9.52. The summed E-state index contributed by atoms with van der Waals surface area (Å²) in [4.78, 5) is 16.4. The van der Waals surface area contributed by atoms with Crippen LogP contribution in [-0.2, 0) is 4.79 Å². The molecule has 1 fully saturated rings. The standard InChI is InChI=1S/C16H19Cl2N3O2/c1-12(23-15-4-3-13(17)11-14(15)18)16(22)21-9-7-20(8-10-21)6-2-5-19/h3-4,11-12H,2,6-10H2,1H3. The lowest BCUT2D eigenvalue weighted by molar-refractivity contribution is -0.139. The van der Waals surface area contributed by atoms with Crippen LogP contribution in [0.25, 0.3) is 0 Å². The Kier molecular flexibility index (Phi) is 6.52. The van der Waals surface area contributed by atoms with Crippen molar-refractivity contribution < 1.29 is 9.53 Å². The number of rotatable bonds is 5. The van der Waals surface area contributed by atoms with Crippen LogP contribution in [0.2, 0.25) is 10.0 Å². The lowest BCUT2D eigenvalue weighted by Gasteiger charge is -2.35. The molecule has 0 aliphatic carbocycles. The van der Waals surface area contributed by atoms with Crippen molar-refractivity contribution >= 4 is 29.1 Å². The monoisotopic (exact) mass is 355 g/mol. The molecule has 5 nitrogen and oxygen atoms in total. The SMILES string of the molecule is CC(Oc1ccc(Cl)cc1Cl)C(=O)N1CCN(CCC#N)CC1. The van der Waals surface area contributed by atoms with Gasteiger partial charge in [0.2, 0.25) is 0 Å². The number of ether oxygens (including phenoxy) is 1. The van der Waals surface area contributed by atoms with Gasteiger partial charge in [0.25, 0.3) is 5.91 Å². The molecule has 1 saturated heterocycles. The van der Waals surface area contributed by atoms with E-state index in [1.54, 1.807) is 30.0 Å². The third kappa shape index (κ3) is 5.00. The normalized spacial score (nSPS) is 16.7. The molecule has 1 unspecified atom stereocenters. The number of hydrogen-bond acceptors (Lipinski definition) is 4. The number of nitrogens with zero attached hydrogens (tertiary/aromatic N) is 3. The second-order valence-electron chi connectivity index (χ2n) is 5.41. The lowest BCUT2D eigenvalue weighted by atomic mass is 10.2. The summed E-state index contributed by atoms with van der Waals surface area (Å²) in [5.41, 5.74) is 0. The Morgan fingerprint density at radius 1 is 1.35 bits per heavy atom. The van der Waals surface area contributed by atoms with Crippen LogP contribution in [0.4, 0.5) is 0 Å². The van der Waals surface area contributed by atoms with Crippen LogP contribution in [-0.4, -0.2) is 54.5 Å². The molecule has 0 spiro atoms. The molecule has 0 saturated carbocycles. The van der Waals surface area contributed by atoms with Crippen LogP contribution in [0.5, 0.6) is 5.75 Å². The van der Waals surface area contributed by atoms with Gasteiger partial charge in [-0.15, -0.1) is 0 Å². The van der Waals surface area contributed by atoms with Gasteiger partial charge in [0.15, 0.2) is 6.10 Å². The van der Waals surface area contributed by atoms with Gasteiger partial charge in [-0.25, -0.2) is 0 Å². The van der Waals surface area contributed by atoms with Crippen LogP contribution >= 0.6 is 23.2 Å². The third-order valence-electron chi connectivity index (χ3n) is 3.77. The number of carbonyl (C=O) groups excluding carboxylic acids is 1. The maximum atomic E-state index is 12.5. The smallest absolute Gasteiger partial charge is 0.263 e. The number of amides is 1. The Bertz CT molecular complexity index is 595. The quantitative estimate of drug-likeness (QED) is 0.814. The lowest BCUT2D eigenvalue weighted by Crippen LogP contribution is -2.51. The first-order valence-corrected chi connectivity index (χ1v) is 8.26. The van der Waals surface area contributed by atoms with Gasteiger partial charge in [-0.1, -0.05) is 23.2 Å². The van der Waals surface area contributed by atoms with Gasteiger partial charge >= 0.3 is 0 Å². The van der Waals surface area contributed by atoms with Gasteiger partial charge < -0.3 is 9.64 Å². The molecule has 23 heavy (non-hydrogen) atoms. The fourth-order valence-electron chi connectivity index (χ4n) is 2.47. The molecule has 1 aromatic carbocycles. The van der Waals surface area contributed by atoms with Crippen molar-refractivity contribution in [1.82, 2.24) is 9.80 Å². The van der Waals surface area contributed by atoms with Gasteiger partial charge in [-0.2, -0.15) is 5.26 Å². The van der Waals surface area contributed by atoms with Crippen molar-refractivity contribution in [2.75, 3.05) is 32.7 Å². The van der Waals surface area contributed by atoms with Gasteiger partial charge in [0, 0.05) is 44.2 Å². The molecule has 1 aromatic rings. The van der Waals surface area contributed by atoms with E-state index in [0.29, 0.717) is 35.3 Å². The Morgan fingerprint density at radius 3 is 2.65 bits per heavy atom. The summed E-state index contributed by atoms with van der Waals surface area (Å²) in [6.45, 7) is 5.32. The summed E-state index contributed by atoms with van der Waals surface area (Å²) in [5.74, 6) is 0.389. The van der Waals surface area contributed by atoms with Crippen molar-refractivity contribution in [1.29, 1.82) is 5.26 Å². The fourth-order valence-corrected chi connectivity index (χ4v) is 2.92. The van der Waals surface area contributed by atoms with E-state index in [2.05, 4.69) is 11.0 Å². The fraction of sp³-hybridized carbons (Fsp3) is 0.500. The van der Waals surface area contributed by atoms with Crippen molar-refractivity contribution in [3.63, 3.8) is 0 Å². The zero-order valence-electron chi connectivity index (χ0n) is 13.0. The molecule has 0 radical (unpaired) electrons. The Morgan fingerprint density at radius 2 is 2.04 bits per heavy atom. The second kappa shape index (κ2) is 8.39. The molecule has 1 amide bonds. The Hall–Kier alpha value is -1.48. The highest BCUT2D eigenvalue weighted by molar-refractivity contribution is 6.35. The van der Waals surface area contributed by atoms with Gasteiger partial charge in [0.1, 0.15) is 5.75 Å². The Balaban J connectivity index is 1.87. The first-order chi connectivity index (χ1) is 11.0. The zero-order chi connectivity index (χ0) is 16.8. The number of carbonyl (C=O) groups is 1. The van der Waals surface area contributed by atoms with E-state index in [9.17, 15) is 4.79 Å². The van der Waals surface area contributed by atoms with Crippen molar-refractivity contribution in [2.45, 2.75) is 19.4 Å². The maximum absolute atomic E-state index is 12.5. The molecule has 1 aliphatic rings. The minimum Gasteiger partial charge on any atom is -0.479 e. The predicted molar refractivity (Wildman–Crippen MR) is 89.8 cm³/mol. The van der Waals surface area contributed by atoms with E-state index in [1.165, 1.54) is 0 Å². The minimum atomic E-state index is -0.612. The molecule has 1 atom stereocenters. The highest BCUT2D eigenvalue weighted by atomic mass is 35.5. The molecule has 7 heteroatoms. The van der Waals surface area contributed by atoms with E-state index in [0.717, 1.165) is 19.6 Å². The molecule has 0 N–H and O–H groups in total. The molecular formula is C16H19Cl2N3O2. The highest BCUT2D eigenvalue weighted by Crippen LogP contribution is 2.28. The second-order valence-corrected chi connectivity index (χ2v) is 6.25. The minimum absolute atomic E-state index is 0.0593. The van der Waals surface area contributed by atoms with E-state index in [4.69, 9.17) is 33.2 Å². The Labute approximate surface area is 146 Å². The van der Waals surface area contributed by atoms with Crippen LogP contribution < -0.4 is 4.74 Å². The van der Waals surface area contributed by atoms with Crippen molar-refractivity contribution in [2.24, 2.45) is 0 Å². The van der Waals surface area contributed by atoms with Crippen LogP contribution in [0.3, 0.4) is 0 Å². The number of piperazine rings is 1. The maximum Gasteiger partial charge on any atom is 0.263 e. The summed E-state index contributed by atoms with van der Waals surface area (Å²) in [7, 11) is 0. The zero-order valence-corrected chi connectivity index (χ0v) is 14.5. The van der Waals surface area contributed by atoms with Gasteiger partial charge in [-0.3, -0.25) is 9.69 Å². The topological polar surface area (TPSA) is 56.6 Å². The van der Waals surface area contributed by atoms with E-state index in [-0.39, 0.29) is 5.91 Å². The van der Waals surface area contributed by atoms with Crippen LogP contribution in [0.15, 0.2) is 18.2 Å². The number of benzene rings is 1. The number of halogens is 2. The van der Waals surface area contributed by atoms with Crippen molar-refractivity contribution in [3.8, 4) is 11.8 Å². The number of hydrogen-bond donors (Lipinski definition) is 0. The summed E-state index contributed by atoms with van der Waals surface area (Å²) in [6, 6.07) is 7.06. The molecule has 124 valence electrons. The third-order valence-corrected chi connectivity index (χ3v) is 4.30. The predicted octanol–water partition coefficient (Wildman–Crippen LogP) is 2.82. The van der Waals surface area contributed by atoms with Crippen molar-refractivity contribution in [3.05, 3.63) is 28.2 Å². The average Bonchev–Trinajstić information content (AvgIpc) is 2.55. The van der Waals surface area contributed by atoms with E-state index in [1.807, 2.05) is 0 Å². The van der Waals surface area contributed by atoms with Crippen LogP contribution in [0, 0.1) is 11.3 Å². The van der Waals surface area contributed by atoms with E-state index >= 15 is 0 Å². The van der Waals surface area contributed by atoms with Crippen LogP contribution in [0.1, 0.15) is 13.3 Å². The molecule has 0 bridgehead atoms. The van der Waals surface area contributed by atoms with Gasteiger partial charge in [0.05, 0.1) is 11.1 Å². The number of nitriles is 1. The first kappa shape index (κ1) is 17.9. The highest BCUT2D eigenvalue weighted by Gasteiger charge is 2.26. The van der Waals surface area contributed by atoms with E-state index < -0.39 is 6.10 Å². The summed E-state index contributed by atoms with van der Waals surface area (Å²) >= 11 is 11.9.